The molecule has 0 amide bonds. The number of hydrogen-bond acceptors (Lipinski definition) is 4. The van der Waals surface area contributed by atoms with E-state index in [2.05, 4.69) is 40.1 Å². The molecule has 3 rings (SSSR count). The van der Waals surface area contributed by atoms with Gasteiger partial charge in [-0.05, 0) is 42.8 Å². The molecule has 23 heavy (non-hydrogen) atoms. The summed E-state index contributed by atoms with van der Waals surface area (Å²) in [6.07, 6.45) is 1.05. The zero-order valence-corrected chi connectivity index (χ0v) is 13.5. The number of piperazine rings is 1. The Morgan fingerprint density at radius 1 is 0.870 bits per heavy atom. The minimum Gasteiger partial charge on any atom is -0.494 e. The highest BCUT2D eigenvalue weighted by Gasteiger charge is 2.16. The fourth-order valence-corrected chi connectivity index (χ4v) is 2.91. The second-order valence-corrected chi connectivity index (χ2v) is 5.94. The highest BCUT2D eigenvalue weighted by atomic mass is 16.5. The topological polar surface area (TPSA) is 41.7 Å². The first-order valence-electron chi connectivity index (χ1n) is 8.32. The molecule has 4 nitrogen and oxygen atoms in total. The molecule has 0 unspecified atom stereocenters. The van der Waals surface area contributed by atoms with Crippen molar-refractivity contribution in [2.45, 2.75) is 6.42 Å². The van der Waals surface area contributed by atoms with E-state index in [0.717, 1.165) is 57.2 Å². The van der Waals surface area contributed by atoms with Crippen LogP contribution < -0.4 is 15.4 Å². The molecule has 0 saturated carbocycles. The number of nitrogens with zero attached hydrogens (tertiary/aromatic N) is 2. The fraction of sp³-hybridized carbons (Fsp3) is 0.368. The lowest BCUT2D eigenvalue weighted by atomic mass is 10.2. The van der Waals surface area contributed by atoms with Gasteiger partial charge in [0.25, 0.3) is 0 Å². The Hall–Kier alpha value is -2.20. The van der Waals surface area contributed by atoms with Crippen molar-refractivity contribution >= 4 is 11.4 Å². The Labute approximate surface area is 138 Å². The van der Waals surface area contributed by atoms with E-state index in [0.29, 0.717) is 0 Å². The Kier molecular flexibility index (Phi) is 5.37. The minimum atomic E-state index is 0.753. The van der Waals surface area contributed by atoms with Gasteiger partial charge >= 0.3 is 0 Å². The van der Waals surface area contributed by atoms with Crippen molar-refractivity contribution in [3.05, 3.63) is 54.6 Å². The molecule has 0 atom stereocenters. The van der Waals surface area contributed by atoms with Crippen molar-refractivity contribution in [1.29, 1.82) is 0 Å². The van der Waals surface area contributed by atoms with Crippen molar-refractivity contribution < 1.29 is 4.74 Å². The second kappa shape index (κ2) is 7.88. The first-order chi connectivity index (χ1) is 11.3. The highest BCUT2D eigenvalue weighted by molar-refractivity contribution is 5.46. The highest BCUT2D eigenvalue weighted by Crippen LogP contribution is 2.16. The van der Waals surface area contributed by atoms with E-state index in [1.165, 1.54) is 5.69 Å². The van der Waals surface area contributed by atoms with Crippen molar-refractivity contribution in [2.24, 2.45) is 0 Å². The summed E-state index contributed by atoms with van der Waals surface area (Å²) in [6, 6.07) is 18.3. The lowest BCUT2D eigenvalue weighted by Crippen LogP contribution is -2.46. The van der Waals surface area contributed by atoms with Crippen LogP contribution in [0.5, 0.6) is 5.75 Å². The summed E-state index contributed by atoms with van der Waals surface area (Å²) >= 11 is 0. The standard InChI is InChI=1S/C19H25N3O/c20-17-7-9-19(10-8-17)23-16-4-11-21-12-14-22(15-13-21)18-5-2-1-3-6-18/h1-3,5-10H,4,11-16,20H2. The molecule has 1 fully saturated rings. The molecule has 1 aliphatic rings. The smallest absolute Gasteiger partial charge is 0.119 e. The normalized spacial score (nSPS) is 15.6. The predicted molar refractivity (Wildman–Crippen MR) is 96.1 cm³/mol. The van der Waals surface area contributed by atoms with E-state index in [1.54, 1.807) is 0 Å². The molecular formula is C19H25N3O. The van der Waals surface area contributed by atoms with Crippen LogP contribution in [-0.4, -0.2) is 44.2 Å². The Morgan fingerprint density at radius 3 is 2.26 bits per heavy atom. The van der Waals surface area contributed by atoms with Gasteiger partial charge in [-0.1, -0.05) is 18.2 Å². The SMILES string of the molecule is Nc1ccc(OCCCN2CCN(c3ccccc3)CC2)cc1. The Balaban J connectivity index is 1.34. The second-order valence-electron chi connectivity index (χ2n) is 5.94. The number of nitrogen functional groups attached to an aromatic ring is 1. The van der Waals surface area contributed by atoms with Gasteiger partial charge in [0, 0.05) is 44.1 Å². The molecule has 1 saturated heterocycles. The third kappa shape index (κ3) is 4.63. The summed E-state index contributed by atoms with van der Waals surface area (Å²) in [5, 5.41) is 0. The van der Waals surface area contributed by atoms with Gasteiger partial charge in [-0.2, -0.15) is 0 Å². The predicted octanol–water partition coefficient (Wildman–Crippen LogP) is 2.86. The lowest BCUT2D eigenvalue weighted by Gasteiger charge is -2.36. The number of hydrogen-bond donors (Lipinski definition) is 1. The average Bonchev–Trinajstić information content (AvgIpc) is 2.62. The third-order valence-electron chi connectivity index (χ3n) is 4.26. The van der Waals surface area contributed by atoms with Gasteiger partial charge < -0.3 is 15.4 Å². The summed E-state index contributed by atoms with van der Waals surface area (Å²) in [6.45, 7) is 6.29. The quantitative estimate of drug-likeness (QED) is 0.658. The average molecular weight is 311 g/mol. The summed E-state index contributed by atoms with van der Waals surface area (Å²) in [7, 11) is 0. The van der Waals surface area contributed by atoms with Crippen LogP contribution in [0.4, 0.5) is 11.4 Å². The van der Waals surface area contributed by atoms with Crippen LogP contribution in [-0.2, 0) is 0 Å². The van der Waals surface area contributed by atoms with Crippen LogP contribution in [0.15, 0.2) is 54.6 Å². The molecular weight excluding hydrogens is 286 g/mol. The first kappa shape index (κ1) is 15.7. The summed E-state index contributed by atoms with van der Waals surface area (Å²) < 4.78 is 5.75. The van der Waals surface area contributed by atoms with Crippen molar-refractivity contribution in [1.82, 2.24) is 4.90 Å². The van der Waals surface area contributed by atoms with Gasteiger partial charge in [-0.25, -0.2) is 0 Å². The van der Waals surface area contributed by atoms with Crippen LogP contribution in [0.3, 0.4) is 0 Å². The van der Waals surface area contributed by atoms with Gasteiger partial charge in [-0.15, -0.1) is 0 Å². The number of para-hydroxylation sites is 1. The van der Waals surface area contributed by atoms with Crippen LogP contribution in [0.25, 0.3) is 0 Å². The summed E-state index contributed by atoms with van der Waals surface area (Å²) in [4.78, 5) is 4.98. The van der Waals surface area contributed by atoms with Crippen LogP contribution in [0.2, 0.25) is 0 Å². The van der Waals surface area contributed by atoms with Gasteiger partial charge in [0.05, 0.1) is 6.61 Å². The zero-order chi connectivity index (χ0) is 15.9. The molecule has 0 aromatic heterocycles. The maximum atomic E-state index is 5.75. The van der Waals surface area contributed by atoms with E-state index >= 15 is 0 Å². The largest absolute Gasteiger partial charge is 0.494 e. The lowest BCUT2D eigenvalue weighted by molar-refractivity contribution is 0.225. The van der Waals surface area contributed by atoms with E-state index in [4.69, 9.17) is 10.5 Å². The fourth-order valence-electron chi connectivity index (χ4n) is 2.91. The molecule has 122 valence electrons. The maximum absolute atomic E-state index is 5.75. The molecule has 2 N–H and O–H groups in total. The number of rotatable bonds is 6. The van der Waals surface area contributed by atoms with E-state index < -0.39 is 0 Å². The van der Waals surface area contributed by atoms with Gasteiger partial charge in [0.15, 0.2) is 0 Å². The molecule has 4 heteroatoms. The van der Waals surface area contributed by atoms with Crippen LogP contribution in [0.1, 0.15) is 6.42 Å². The van der Waals surface area contributed by atoms with Crippen molar-refractivity contribution in [2.75, 3.05) is 50.0 Å². The van der Waals surface area contributed by atoms with Gasteiger partial charge in [0.1, 0.15) is 5.75 Å². The molecule has 1 aliphatic heterocycles. The van der Waals surface area contributed by atoms with Crippen LogP contribution >= 0.6 is 0 Å². The van der Waals surface area contributed by atoms with E-state index in [-0.39, 0.29) is 0 Å². The molecule has 2 aromatic rings. The van der Waals surface area contributed by atoms with Crippen molar-refractivity contribution in [3.8, 4) is 5.75 Å². The number of benzene rings is 2. The monoisotopic (exact) mass is 311 g/mol. The molecule has 0 aliphatic carbocycles. The maximum Gasteiger partial charge on any atom is 0.119 e. The molecule has 0 bridgehead atoms. The van der Waals surface area contributed by atoms with Gasteiger partial charge in [0.2, 0.25) is 0 Å². The number of anilines is 2. The molecule has 1 heterocycles. The van der Waals surface area contributed by atoms with Crippen molar-refractivity contribution in [3.63, 3.8) is 0 Å². The molecule has 0 radical (unpaired) electrons. The number of ether oxygens (including phenoxy) is 1. The zero-order valence-electron chi connectivity index (χ0n) is 13.5. The van der Waals surface area contributed by atoms with E-state index in [1.807, 2.05) is 24.3 Å². The summed E-state index contributed by atoms with van der Waals surface area (Å²) in [5.74, 6) is 0.896. The molecule has 2 aromatic carbocycles. The number of nitrogens with two attached hydrogens (primary N) is 1. The van der Waals surface area contributed by atoms with E-state index in [9.17, 15) is 0 Å². The Bertz CT molecular complexity index is 577. The third-order valence-corrected chi connectivity index (χ3v) is 4.26. The van der Waals surface area contributed by atoms with Crippen LogP contribution in [0, 0.1) is 0 Å². The minimum absolute atomic E-state index is 0.753. The molecule has 0 spiro atoms. The summed E-state index contributed by atoms with van der Waals surface area (Å²) in [5.41, 5.74) is 7.77. The first-order valence-corrected chi connectivity index (χ1v) is 8.32. The Morgan fingerprint density at radius 2 is 1.57 bits per heavy atom. The van der Waals surface area contributed by atoms with Gasteiger partial charge in [-0.3, -0.25) is 4.90 Å².